The van der Waals surface area contributed by atoms with Crippen molar-refractivity contribution in [3.05, 3.63) is 83.5 Å². The van der Waals surface area contributed by atoms with Crippen molar-refractivity contribution < 1.29 is 71.7 Å². The molecule has 0 spiro atoms. The molecule has 0 aliphatic carbocycles. The third-order valence-electron chi connectivity index (χ3n) is 14.5. The number of ether oxygens (including phenoxy) is 9. The zero-order valence-corrected chi connectivity index (χ0v) is 51.0. The van der Waals surface area contributed by atoms with E-state index in [1.807, 2.05) is 36.5 Å². The lowest BCUT2D eigenvalue weighted by molar-refractivity contribution is -0.127. The number of aliphatic hydroxyl groups excluding tert-OH is 1. The zero-order valence-electron chi connectivity index (χ0n) is 51.0. The van der Waals surface area contributed by atoms with Crippen LogP contribution >= 0.6 is 0 Å². The molecule has 0 saturated carbocycles. The van der Waals surface area contributed by atoms with Gasteiger partial charge in [-0.3, -0.25) is 28.9 Å². The van der Waals surface area contributed by atoms with Gasteiger partial charge in [-0.1, -0.05) is 35.5 Å². The molecule has 1 aromatic carbocycles. The normalized spacial score (nSPS) is 14.2. The van der Waals surface area contributed by atoms with Crippen molar-refractivity contribution in [3.63, 3.8) is 0 Å². The summed E-state index contributed by atoms with van der Waals surface area (Å²) in [7, 11) is 1.41. The molecule has 2 saturated heterocycles. The van der Waals surface area contributed by atoms with Crippen molar-refractivity contribution in [3.8, 4) is 17.6 Å². The van der Waals surface area contributed by atoms with Crippen LogP contribution in [-0.2, 0) is 65.4 Å². The number of pyridine rings is 1. The first kappa shape index (κ1) is 69.0. The fraction of sp³-hybridized carbons (Fsp3) is 0.583. The second-order valence-corrected chi connectivity index (χ2v) is 20.8. The number of piperazine rings is 1. The van der Waals surface area contributed by atoms with Crippen LogP contribution in [0.3, 0.4) is 0 Å². The van der Waals surface area contributed by atoms with Crippen LogP contribution in [0.1, 0.15) is 71.3 Å². The van der Waals surface area contributed by atoms with Gasteiger partial charge in [-0.15, -0.1) is 10.2 Å². The monoisotopic (exact) mass is 1240 g/mol. The van der Waals surface area contributed by atoms with Gasteiger partial charge in [-0.05, 0) is 50.3 Å². The van der Waals surface area contributed by atoms with Crippen molar-refractivity contribution in [2.45, 2.75) is 58.2 Å². The van der Waals surface area contributed by atoms with E-state index in [-0.39, 0.29) is 60.2 Å². The van der Waals surface area contributed by atoms with Crippen molar-refractivity contribution in [2.75, 3.05) is 172 Å². The molecule has 0 radical (unpaired) electrons. The average molecular weight is 1240 g/mol. The molecule has 5 aromatic rings. The van der Waals surface area contributed by atoms with E-state index < -0.39 is 29.5 Å². The Morgan fingerprint density at radius 1 is 0.753 bits per heavy atom. The summed E-state index contributed by atoms with van der Waals surface area (Å²) in [5.74, 6) is -2.45. The molecule has 1 atom stereocenters. The Morgan fingerprint density at radius 3 is 1.98 bits per heavy atom. The van der Waals surface area contributed by atoms with E-state index in [0.29, 0.717) is 156 Å². The Hall–Kier alpha value is -7.47. The summed E-state index contributed by atoms with van der Waals surface area (Å²) in [4.78, 5) is 82.9. The van der Waals surface area contributed by atoms with Crippen molar-refractivity contribution >= 4 is 45.8 Å². The first-order valence-corrected chi connectivity index (χ1v) is 30.2. The number of piperidine rings is 1. The number of aliphatic hydroxyl groups is 1. The highest BCUT2D eigenvalue weighted by Gasteiger charge is 2.31. The van der Waals surface area contributed by atoms with Gasteiger partial charge in [0.25, 0.3) is 17.6 Å². The number of ketones is 2. The fourth-order valence-electron chi connectivity index (χ4n) is 9.70. The average Bonchev–Trinajstić information content (AvgIpc) is 1.96. The number of allylic oxidation sites excluding steroid dienone is 1. The maximum atomic E-state index is 13.8. The number of benzene rings is 1. The molecular weight excluding hydrogens is 1160 g/mol. The van der Waals surface area contributed by atoms with Crippen molar-refractivity contribution in [1.82, 2.24) is 65.1 Å². The summed E-state index contributed by atoms with van der Waals surface area (Å²) in [5, 5.41) is 38.1. The van der Waals surface area contributed by atoms with Gasteiger partial charge >= 0.3 is 0 Å². The molecule has 0 bridgehead atoms. The number of Topliss-reactive ketones (excluding diaryl/α,β-unsaturated/α-hetero) is 2. The Morgan fingerprint density at radius 2 is 1.36 bits per heavy atom. The molecule has 29 heteroatoms. The molecule has 7 rings (SSSR count). The smallest absolute Gasteiger partial charge is 0.295 e. The van der Waals surface area contributed by atoms with Gasteiger partial charge in [-0.2, -0.15) is 9.94 Å². The van der Waals surface area contributed by atoms with E-state index in [4.69, 9.17) is 42.6 Å². The maximum Gasteiger partial charge on any atom is 0.295 e. The minimum Gasteiger partial charge on any atom is -0.494 e. The number of fused-ring (bicyclic) bond motifs is 1. The van der Waals surface area contributed by atoms with E-state index in [2.05, 4.69) is 56.9 Å². The molecule has 2 aliphatic heterocycles. The number of carbonyl (C=O) groups excluding carboxylic acids is 5. The van der Waals surface area contributed by atoms with Crippen LogP contribution in [0.5, 0.6) is 5.75 Å². The number of aromatic nitrogens is 8. The number of amides is 3. The molecule has 484 valence electrons. The SMILES string of the molecule is COc1cnc(-n2cnc(C(=O)N[C@@H](CCO)C(=O)NCCCN3CCN(CCOCCOCCOCCOCc4cn(CCOCCOCCOCCOCCC(C)=O)nn4)CC3)n2)c2[nH]cc(C(=O)C(=O)N3CCC(=C(C#N)c4ccccc4)CC3)c12. The number of nitrogens with one attached hydrogen (secondary N) is 3. The Kier molecular flexibility index (Phi) is 30.1. The summed E-state index contributed by atoms with van der Waals surface area (Å²) in [6.45, 7) is 15.0. The molecule has 4 N–H and O–H groups in total. The van der Waals surface area contributed by atoms with Crippen LogP contribution in [0.2, 0.25) is 0 Å². The quantitative estimate of drug-likeness (QED) is 0.0186. The summed E-state index contributed by atoms with van der Waals surface area (Å²) in [6, 6.07) is 10.6. The van der Waals surface area contributed by atoms with Gasteiger partial charge in [0.15, 0.2) is 5.82 Å². The molecular formula is C60H84N14O15. The molecule has 2 aliphatic rings. The van der Waals surface area contributed by atoms with E-state index in [1.54, 1.807) is 11.6 Å². The lowest BCUT2D eigenvalue weighted by Crippen LogP contribution is -2.49. The van der Waals surface area contributed by atoms with Gasteiger partial charge in [-0.25, -0.2) is 14.6 Å². The standard InChI is InChI=1S/C60H84N14O15/c1-45(76)12-24-82-27-30-85-33-34-87-32-29-84-26-22-73-42-48(67-69-73)43-89-38-37-88-36-35-86-31-28-83-25-21-71-19-17-70(18-20-71)14-6-13-62-58(78)51(11-23-75)66-59(79)56-65-44-74(68-56)57-54-53(52(81-2)41-64-57)50(40-63-54)55(77)60(80)72-15-9-47(10-16-72)49(39-61)46-7-4-3-5-8-46/h3-5,7-8,40-42,44,51,63,75H,6,9-38,43H2,1-2H3,(H,62,78)(H,66,79)/t51-/m0/s1. The number of hydrogen-bond donors (Lipinski definition) is 4. The largest absolute Gasteiger partial charge is 0.494 e. The van der Waals surface area contributed by atoms with Gasteiger partial charge < -0.3 is 73.2 Å². The Balaban J connectivity index is 0.687. The number of rotatable bonds is 43. The van der Waals surface area contributed by atoms with Crippen LogP contribution in [0.25, 0.3) is 22.3 Å². The number of methoxy groups -OCH3 is 1. The van der Waals surface area contributed by atoms with Gasteiger partial charge in [0.1, 0.15) is 29.6 Å². The molecule has 3 amide bonds. The van der Waals surface area contributed by atoms with Crippen LogP contribution < -0.4 is 15.4 Å². The zero-order chi connectivity index (χ0) is 62.8. The van der Waals surface area contributed by atoms with E-state index in [1.165, 1.54) is 35.4 Å². The topological polar surface area (TPSA) is 336 Å². The van der Waals surface area contributed by atoms with Crippen LogP contribution in [-0.4, -0.2) is 267 Å². The van der Waals surface area contributed by atoms with Crippen molar-refractivity contribution in [2.24, 2.45) is 0 Å². The minimum absolute atomic E-state index is 0.0394. The number of carbonyl (C=O) groups is 5. The highest BCUT2D eigenvalue weighted by molar-refractivity contribution is 6.45. The molecule has 29 nitrogen and oxygen atoms in total. The molecule has 2 fully saturated rings. The van der Waals surface area contributed by atoms with E-state index in [0.717, 1.165) is 56.1 Å². The number of H-pyrrole nitrogens is 1. The van der Waals surface area contributed by atoms with Crippen LogP contribution in [0.15, 0.2) is 60.8 Å². The summed E-state index contributed by atoms with van der Waals surface area (Å²) < 4.78 is 53.1. The van der Waals surface area contributed by atoms with E-state index >= 15 is 0 Å². The molecule has 6 heterocycles. The fourth-order valence-corrected chi connectivity index (χ4v) is 9.70. The maximum absolute atomic E-state index is 13.8. The Labute approximate surface area is 517 Å². The first-order chi connectivity index (χ1) is 43.6. The predicted molar refractivity (Wildman–Crippen MR) is 321 cm³/mol. The number of likely N-dealkylation sites (tertiary alicyclic amines) is 1. The van der Waals surface area contributed by atoms with Crippen LogP contribution in [0, 0.1) is 11.3 Å². The molecule has 4 aromatic heterocycles. The van der Waals surface area contributed by atoms with Crippen LogP contribution in [0.4, 0.5) is 0 Å². The molecule has 89 heavy (non-hydrogen) atoms. The lowest BCUT2D eigenvalue weighted by Gasteiger charge is -2.34. The van der Waals surface area contributed by atoms with Gasteiger partial charge in [0.05, 0.1) is 160 Å². The summed E-state index contributed by atoms with van der Waals surface area (Å²) >= 11 is 0. The summed E-state index contributed by atoms with van der Waals surface area (Å²) in [6.07, 6.45) is 7.82. The van der Waals surface area contributed by atoms with Crippen molar-refractivity contribution in [1.29, 1.82) is 5.26 Å². The highest BCUT2D eigenvalue weighted by atomic mass is 16.6. The number of hydrogen-bond acceptors (Lipinski definition) is 23. The summed E-state index contributed by atoms with van der Waals surface area (Å²) in [5.41, 5.74) is 3.39. The Bertz CT molecular complexity index is 3040. The minimum atomic E-state index is -1.06. The molecule has 0 unspecified atom stereocenters. The highest BCUT2D eigenvalue weighted by Crippen LogP contribution is 2.33. The third kappa shape index (κ3) is 22.8. The number of nitrogens with zero attached hydrogens (tertiary/aromatic N) is 11. The van der Waals surface area contributed by atoms with Gasteiger partial charge in [0.2, 0.25) is 11.7 Å². The second-order valence-electron chi connectivity index (χ2n) is 20.8. The third-order valence-corrected chi connectivity index (χ3v) is 14.5. The van der Waals surface area contributed by atoms with E-state index in [9.17, 15) is 34.3 Å². The second kappa shape index (κ2) is 38.8. The number of aromatic amines is 1. The lowest BCUT2D eigenvalue weighted by atomic mass is 9.93. The first-order valence-electron chi connectivity index (χ1n) is 30.2. The predicted octanol–water partition coefficient (Wildman–Crippen LogP) is 1.44. The van der Waals surface area contributed by atoms with Gasteiger partial charge in [0, 0.05) is 71.6 Å². The number of nitriles is 1.